The van der Waals surface area contributed by atoms with Crippen LogP contribution in [0.15, 0.2) is 29.4 Å². The second kappa shape index (κ2) is 22.9. The summed E-state index contributed by atoms with van der Waals surface area (Å²) in [7, 11) is 8.71. The number of amides is 3. The fourth-order valence-electron chi connectivity index (χ4n) is 8.41. The van der Waals surface area contributed by atoms with E-state index in [9.17, 15) is 19.2 Å². The molecule has 0 saturated carbocycles. The van der Waals surface area contributed by atoms with Gasteiger partial charge in [0.1, 0.15) is 0 Å². The average Bonchev–Trinajstić information content (AvgIpc) is 3.62. The number of hydrogen-bond donors (Lipinski definition) is 1. The first-order valence-electron chi connectivity index (χ1n) is 20.1. The largest absolute Gasteiger partial charge is 0.379 e. The number of ketones is 1. The zero-order valence-corrected chi connectivity index (χ0v) is 35.9. The first-order chi connectivity index (χ1) is 25.9. The Morgan fingerprint density at radius 1 is 0.982 bits per heavy atom. The highest BCUT2D eigenvalue weighted by molar-refractivity contribution is 5.90. The van der Waals surface area contributed by atoms with E-state index < -0.39 is 36.1 Å². The van der Waals surface area contributed by atoms with E-state index in [2.05, 4.69) is 29.2 Å². The van der Waals surface area contributed by atoms with Crippen LogP contribution in [-0.4, -0.2) is 123 Å². The van der Waals surface area contributed by atoms with Crippen molar-refractivity contribution in [1.82, 2.24) is 20.0 Å². The molecule has 0 spiro atoms. The lowest BCUT2D eigenvalue weighted by Crippen LogP contribution is -2.54. The van der Waals surface area contributed by atoms with Gasteiger partial charge < -0.3 is 24.6 Å². The minimum absolute atomic E-state index is 0.00319. The molecule has 1 heterocycles. The minimum Gasteiger partial charge on any atom is -0.379 e. The van der Waals surface area contributed by atoms with Crippen molar-refractivity contribution in [3.63, 3.8) is 0 Å². The van der Waals surface area contributed by atoms with E-state index in [0.29, 0.717) is 19.4 Å². The van der Waals surface area contributed by atoms with Gasteiger partial charge in [-0.1, -0.05) is 89.8 Å². The Balaban J connectivity index is 2.28. The molecule has 1 aliphatic rings. The van der Waals surface area contributed by atoms with Crippen LogP contribution < -0.4 is 5.32 Å². The highest BCUT2D eigenvalue weighted by Gasteiger charge is 2.43. The summed E-state index contributed by atoms with van der Waals surface area (Å²) in [6.45, 7) is 16.5. The molecule has 13 nitrogen and oxygen atoms in total. The molecular weight excluding hydrogens is 699 g/mol. The maximum absolute atomic E-state index is 14.3. The summed E-state index contributed by atoms with van der Waals surface area (Å²) in [6.07, 6.45) is 1.70. The summed E-state index contributed by atoms with van der Waals surface area (Å²) in [4.78, 5) is 64.2. The molecule has 1 fully saturated rings. The van der Waals surface area contributed by atoms with E-state index in [1.807, 2.05) is 82.8 Å². The van der Waals surface area contributed by atoms with E-state index in [1.54, 1.807) is 33.1 Å². The summed E-state index contributed by atoms with van der Waals surface area (Å²) in [5, 5.41) is 6.82. The third-order valence-electron chi connectivity index (χ3n) is 11.6. The highest BCUT2D eigenvalue weighted by Crippen LogP contribution is 2.31. The van der Waals surface area contributed by atoms with Gasteiger partial charge >= 0.3 is 0 Å². The number of carbonyl (C=O) groups is 4. The van der Waals surface area contributed by atoms with Gasteiger partial charge in [-0.2, -0.15) is 0 Å². The Hall–Kier alpha value is -3.51. The molecule has 1 aliphatic heterocycles. The predicted octanol–water partition coefficient (Wildman–Crippen LogP) is 6.07. The number of methoxy groups -OCH3 is 2. The number of ether oxygens (including phenoxy) is 2. The van der Waals surface area contributed by atoms with Gasteiger partial charge in [-0.25, -0.2) is 0 Å². The molecule has 310 valence electrons. The van der Waals surface area contributed by atoms with Gasteiger partial charge in [-0.05, 0) is 69.1 Å². The van der Waals surface area contributed by atoms with Crippen molar-refractivity contribution < 1.29 is 28.7 Å². The summed E-state index contributed by atoms with van der Waals surface area (Å²) in [5.41, 5.74) is 11.1. The monoisotopic (exact) mass is 770 g/mol. The molecule has 2 rings (SSSR count). The van der Waals surface area contributed by atoms with E-state index in [0.717, 1.165) is 24.0 Å². The Morgan fingerprint density at radius 2 is 1.62 bits per heavy atom. The van der Waals surface area contributed by atoms with Crippen LogP contribution in [0.3, 0.4) is 0 Å². The van der Waals surface area contributed by atoms with Crippen LogP contribution in [0.5, 0.6) is 0 Å². The lowest BCUT2D eigenvalue weighted by atomic mass is 9.83. The Labute approximate surface area is 330 Å². The Bertz CT molecular complexity index is 1420. The molecule has 3 amide bonds. The normalized spacial score (nSPS) is 18.9. The molecule has 55 heavy (non-hydrogen) atoms. The number of carbonyl (C=O) groups excluding carboxylic acids is 4. The minimum atomic E-state index is -0.608. The van der Waals surface area contributed by atoms with Gasteiger partial charge in [0.25, 0.3) is 0 Å². The van der Waals surface area contributed by atoms with Crippen molar-refractivity contribution in [1.29, 1.82) is 0 Å². The molecule has 0 unspecified atom stereocenters. The van der Waals surface area contributed by atoms with Crippen molar-refractivity contribution >= 4 is 23.5 Å². The Morgan fingerprint density at radius 3 is 2.13 bits per heavy atom. The fourth-order valence-corrected chi connectivity index (χ4v) is 8.41. The first kappa shape index (κ1) is 47.6. The topological polar surface area (TPSA) is 157 Å². The second-order valence-electron chi connectivity index (χ2n) is 16.6. The van der Waals surface area contributed by atoms with Crippen molar-refractivity contribution in [2.24, 2.45) is 34.7 Å². The van der Waals surface area contributed by atoms with E-state index in [4.69, 9.17) is 15.0 Å². The zero-order chi connectivity index (χ0) is 41.6. The van der Waals surface area contributed by atoms with Gasteiger partial charge in [0.15, 0.2) is 5.78 Å². The van der Waals surface area contributed by atoms with Gasteiger partial charge in [-0.3, -0.25) is 24.1 Å². The summed E-state index contributed by atoms with van der Waals surface area (Å²) in [5.74, 6) is -1.52. The molecule has 0 aliphatic carbocycles. The summed E-state index contributed by atoms with van der Waals surface area (Å²) in [6, 6.07) is 6.56. The van der Waals surface area contributed by atoms with Crippen LogP contribution in [0.1, 0.15) is 91.7 Å². The molecule has 1 aromatic carbocycles. The third-order valence-corrected chi connectivity index (χ3v) is 11.6. The van der Waals surface area contributed by atoms with Crippen molar-refractivity contribution in [3.8, 4) is 0 Å². The number of hydrogen-bond acceptors (Lipinski definition) is 8. The van der Waals surface area contributed by atoms with Gasteiger partial charge in [0, 0.05) is 57.6 Å². The second-order valence-corrected chi connectivity index (χ2v) is 16.6. The van der Waals surface area contributed by atoms with Crippen molar-refractivity contribution in [2.75, 3.05) is 48.5 Å². The van der Waals surface area contributed by atoms with Crippen LogP contribution in [0.4, 0.5) is 0 Å². The number of rotatable bonds is 23. The van der Waals surface area contributed by atoms with E-state index in [1.165, 1.54) is 0 Å². The highest BCUT2D eigenvalue weighted by atomic mass is 16.5. The number of benzene rings is 1. The smallest absolute Gasteiger partial charge is 0.226 e. The van der Waals surface area contributed by atoms with Crippen LogP contribution in [-0.2, 0) is 35.1 Å². The quantitative estimate of drug-likeness (QED) is 0.0804. The summed E-state index contributed by atoms with van der Waals surface area (Å²) >= 11 is 0. The molecule has 1 saturated heterocycles. The third kappa shape index (κ3) is 13.3. The van der Waals surface area contributed by atoms with Crippen LogP contribution in [0.2, 0.25) is 0 Å². The zero-order valence-electron chi connectivity index (χ0n) is 35.9. The molecular formula is C42H71N7O6. The SMILES string of the molecule is CC[C@H](C)[C@@H]([C@@H](CC(=O)N1CCC[C@H]1[C@H](OC)[C@@H](C)C(=O)N[C@H](CN=[N+]=[N-])Cc1ccc(C)cc1)OC)N(C)C(=O)[C@@H](CC(=O)[C@H](C(C)C)N(C)C)C(C)C. The molecule has 1 N–H and O–H groups in total. The molecule has 0 aromatic heterocycles. The number of azide groups is 1. The van der Waals surface area contributed by atoms with Gasteiger partial charge in [-0.15, -0.1) is 0 Å². The number of likely N-dealkylation sites (tertiary alicyclic amines) is 1. The Kier molecular flexibility index (Phi) is 19.8. The van der Waals surface area contributed by atoms with Crippen LogP contribution in [0.25, 0.3) is 10.4 Å². The standard InChI is InChI=1S/C42H71N7O6/c1-14-29(7)39(48(11)42(53)33(26(2)3)23-35(50)38(27(4)5)47(9)10)36(54-12)24-37(51)49-21-15-16-34(49)40(55-13)30(8)41(52)45-32(25-44-46-43)22-31-19-17-28(6)18-20-31/h17-20,26-27,29-30,32-34,36,38-40H,14-16,21-25H2,1-13H3,(H,45,52)/t29-,30+,32-,33-,34-,36+,38-,39-,40+/m0/s1. The predicted molar refractivity (Wildman–Crippen MR) is 217 cm³/mol. The van der Waals surface area contributed by atoms with Crippen molar-refractivity contribution in [2.45, 2.75) is 130 Å². The van der Waals surface area contributed by atoms with Gasteiger partial charge in [0.2, 0.25) is 17.7 Å². The number of aryl methyl sites for hydroxylation is 1. The lowest BCUT2D eigenvalue weighted by Gasteiger charge is -2.41. The number of nitrogens with one attached hydrogen (secondary N) is 1. The van der Waals surface area contributed by atoms with E-state index in [-0.39, 0.29) is 72.7 Å². The molecule has 9 atom stereocenters. The molecule has 0 radical (unpaired) electrons. The van der Waals surface area contributed by atoms with Gasteiger partial charge in [0.05, 0.1) is 42.7 Å². The maximum Gasteiger partial charge on any atom is 0.226 e. The maximum atomic E-state index is 14.3. The van der Waals surface area contributed by atoms with E-state index >= 15 is 0 Å². The molecule has 1 aromatic rings. The first-order valence-corrected chi connectivity index (χ1v) is 20.1. The number of Topliss-reactive ketones (excluding diaryl/α,β-unsaturated/α-hetero) is 1. The lowest BCUT2D eigenvalue weighted by molar-refractivity contribution is -0.149. The van der Waals surface area contributed by atoms with Crippen molar-refractivity contribution in [3.05, 3.63) is 45.8 Å². The summed E-state index contributed by atoms with van der Waals surface area (Å²) < 4.78 is 12.0. The fraction of sp³-hybridized carbons (Fsp3) is 0.762. The van der Waals surface area contributed by atoms with Crippen LogP contribution in [0, 0.1) is 36.5 Å². The average molecular weight is 770 g/mol. The van der Waals surface area contributed by atoms with Crippen LogP contribution >= 0.6 is 0 Å². The number of nitrogens with zero attached hydrogens (tertiary/aromatic N) is 6. The molecule has 13 heteroatoms. The molecule has 0 bridgehead atoms. The number of likely N-dealkylation sites (N-methyl/N-ethyl adjacent to an activating group) is 2.